The second kappa shape index (κ2) is 7.93. The molecule has 2 heterocycles. The molecule has 144 valence electrons. The molecule has 0 fully saturated rings. The van der Waals surface area contributed by atoms with Crippen LogP contribution >= 0.6 is 0 Å². The average Bonchev–Trinajstić information content (AvgIpc) is 3.06. The Bertz CT molecular complexity index is 1130. The van der Waals surface area contributed by atoms with Crippen molar-refractivity contribution in [2.45, 2.75) is 0 Å². The minimum Gasteiger partial charge on any atom is -0.308 e. The van der Waals surface area contributed by atoms with Gasteiger partial charge in [0.15, 0.2) is 0 Å². The van der Waals surface area contributed by atoms with Gasteiger partial charge >= 0.3 is 6.03 Å². The molecule has 0 spiro atoms. The van der Waals surface area contributed by atoms with Gasteiger partial charge in [0.05, 0.1) is 5.56 Å². The molecule has 7 heteroatoms. The van der Waals surface area contributed by atoms with Gasteiger partial charge in [-0.3, -0.25) is 15.0 Å². The largest absolute Gasteiger partial charge is 0.324 e. The Morgan fingerprint density at radius 3 is 2.28 bits per heavy atom. The lowest BCUT2D eigenvalue weighted by molar-refractivity contribution is 0.262. The number of benzene rings is 2. The number of hydrogen-bond donors (Lipinski definition) is 2. The lowest BCUT2D eigenvalue weighted by Crippen LogP contribution is -2.21. The second-order valence-corrected chi connectivity index (χ2v) is 6.38. The van der Waals surface area contributed by atoms with E-state index in [0.29, 0.717) is 17.2 Å². The van der Waals surface area contributed by atoms with Gasteiger partial charge in [-0.25, -0.2) is 9.18 Å². The Morgan fingerprint density at radius 2 is 1.59 bits per heavy atom. The Labute approximate surface area is 167 Å². The number of aromatic nitrogens is 3. The molecule has 2 amide bonds. The second-order valence-electron chi connectivity index (χ2n) is 6.38. The summed E-state index contributed by atoms with van der Waals surface area (Å²) in [6, 6.07) is 18.5. The number of aryl methyl sites for hydroxylation is 1. The van der Waals surface area contributed by atoms with Crippen molar-refractivity contribution in [1.82, 2.24) is 14.8 Å². The number of nitrogens with one attached hydrogen (secondary N) is 2. The molecule has 4 aromatic rings. The van der Waals surface area contributed by atoms with Crippen molar-refractivity contribution in [3.8, 4) is 22.4 Å². The number of hydrogen-bond acceptors (Lipinski definition) is 3. The Hall–Kier alpha value is -4.00. The van der Waals surface area contributed by atoms with Gasteiger partial charge in [-0.05, 0) is 54.1 Å². The van der Waals surface area contributed by atoms with E-state index >= 15 is 0 Å². The number of carbonyl (C=O) groups excluding carboxylic acids is 1. The summed E-state index contributed by atoms with van der Waals surface area (Å²) in [6.07, 6.45) is 3.34. The zero-order chi connectivity index (χ0) is 20.2. The number of anilines is 2. The molecular weight excluding hydrogens is 369 g/mol. The number of halogens is 1. The highest BCUT2D eigenvalue weighted by atomic mass is 19.1. The quantitative estimate of drug-likeness (QED) is 0.521. The summed E-state index contributed by atoms with van der Waals surface area (Å²) in [7, 11) is 1.75. The van der Waals surface area contributed by atoms with E-state index in [1.165, 1.54) is 12.1 Å². The minimum absolute atomic E-state index is 0.323. The summed E-state index contributed by atoms with van der Waals surface area (Å²) >= 11 is 0. The van der Waals surface area contributed by atoms with Crippen LogP contribution in [0.25, 0.3) is 22.4 Å². The molecule has 0 atom stereocenters. The van der Waals surface area contributed by atoms with E-state index in [4.69, 9.17) is 0 Å². The first-order valence-corrected chi connectivity index (χ1v) is 8.98. The summed E-state index contributed by atoms with van der Waals surface area (Å²) in [6.45, 7) is 0. The molecule has 2 aromatic heterocycles. The van der Waals surface area contributed by atoms with E-state index in [1.54, 1.807) is 48.4 Å². The third-order valence-corrected chi connectivity index (χ3v) is 4.40. The van der Waals surface area contributed by atoms with E-state index in [9.17, 15) is 9.18 Å². The van der Waals surface area contributed by atoms with Crippen molar-refractivity contribution in [2.75, 3.05) is 10.6 Å². The van der Waals surface area contributed by atoms with E-state index in [-0.39, 0.29) is 11.8 Å². The number of urea groups is 1. The van der Waals surface area contributed by atoms with Gasteiger partial charge in [0.1, 0.15) is 17.3 Å². The lowest BCUT2D eigenvalue weighted by atomic mass is 10.0. The molecule has 29 heavy (non-hydrogen) atoms. The van der Waals surface area contributed by atoms with Crippen LogP contribution in [0.2, 0.25) is 0 Å². The van der Waals surface area contributed by atoms with Crippen LogP contribution in [0, 0.1) is 5.82 Å². The predicted molar refractivity (Wildman–Crippen MR) is 111 cm³/mol. The van der Waals surface area contributed by atoms with E-state index in [2.05, 4.69) is 20.7 Å². The molecule has 0 bridgehead atoms. The summed E-state index contributed by atoms with van der Waals surface area (Å²) in [5.74, 6) is 0.194. The average molecular weight is 387 g/mol. The van der Waals surface area contributed by atoms with Crippen LogP contribution in [0.4, 0.5) is 20.7 Å². The predicted octanol–water partition coefficient (Wildman–Crippen LogP) is 4.93. The van der Waals surface area contributed by atoms with Crippen LogP contribution in [0.1, 0.15) is 0 Å². The van der Waals surface area contributed by atoms with Gasteiger partial charge in [-0.1, -0.05) is 18.2 Å². The standard InChI is InChI=1S/C22H18FN5O/c1-28-21(26-22(29)25-18-5-3-2-4-6-18)19(15-11-13-24-14-12-15)20(27-28)16-7-9-17(23)10-8-16/h2-14H,1H3,(H2,25,26,29). The monoisotopic (exact) mass is 387 g/mol. The van der Waals surface area contributed by atoms with Crippen molar-refractivity contribution in [3.63, 3.8) is 0 Å². The highest BCUT2D eigenvalue weighted by Crippen LogP contribution is 2.37. The summed E-state index contributed by atoms with van der Waals surface area (Å²) in [4.78, 5) is 16.6. The number of pyridine rings is 1. The van der Waals surface area contributed by atoms with Crippen LogP contribution in [0.15, 0.2) is 79.1 Å². The van der Waals surface area contributed by atoms with Crippen LogP contribution < -0.4 is 10.6 Å². The fourth-order valence-electron chi connectivity index (χ4n) is 3.06. The molecule has 2 aromatic carbocycles. The maximum absolute atomic E-state index is 13.4. The fraction of sp³-hybridized carbons (Fsp3) is 0.0455. The molecule has 2 N–H and O–H groups in total. The maximum atomic E-state index is 13.4. The minimum atomic E-state index is -0.389. The number of nitrogens with zero attached hydrogens (tertiary/aromatic N) is 3. The fourth-order valence-corrected chi connectivity index (χ4v) is 3.06. The molecule has 0 aliphatic rings. The highest BCUT2D eigenvalue weighted by molar-refractivity contribution is 6.03. The first-order chi connectivity index (χ1) is 14.1. The third-order valence-electron chi connectivity index (χ3n) is 4.40. The topological polar surface area (TPSA) is 71.8 Å². The first kappa shape index (κ1) is 18.4. The van der Waals surface area contributed by atoms with Gasteiger partial charge in [-0.15, -0.1) is 0 Å². The van der Waals surface area contributed by atoms with Gasteiger partial charge in [0, 0.05) is 30.7 Å². The maximum Gasteiger partial charge on any atom is 0.324 e. The van der Waals surface area contributed by atoms with Gasteiger partial charge in [-0.2, -0.15) is 5.10 Å². The van der Waals surface area contributed by atoms with E-state index in [1.807, 2.05) is 30.3 Å². The lowest BCUT2D eigenvalue weighted by Gasteiger charge is -2.11. The summed E-state index contributed by atoms with van der Waals surface area (Å²) in [5, 5.41) is 10.3. The molecule has 0 saturated heterocycles. The number of carbonyl (C=O) groups is 1. The SMILES string of the molecule is Cn1nc(-c2ccc(F)cc2)c(-c2ccncc2)c1NC(=O)Nc1ccccc1. The summed E-state index contributed by atoms with van der Waals surface area (Å²) in [5.41, 5.74) is 3.61. The molecule has 0 unspecified atom stereocenters. The first-order valence-electron chi connectivity index (χ1n) is 8.98. The van der Waals surface area contributed by atoms with Gasteiger partial charge in [0.2, 0.25) is 0 Å². The van der Waals surface area contributed by atoms with Crippen LogP contribution in [0.3, 0.4) is 0 Å². The molecule has 0 aliphatic carbocycles. The van der Waals surface area contributed by atoms with Crippen molar-refractivity contribution in [3.05, 3.63) is 84.9 Å². The van der Waals surface area contributed by atoms with Gasteiger partial charge in [0.25, 0.3) is 0 Å². The van der Waals surface area contributed by atoms with Crippen molar-refractivity contribution in [1.29, 1.82) is 0 Å². The number of rotatable bonds is 4. The Kier molecular flexibility index (Phi) is 5.03. The Morgan fingerprint density at radius 1 is 0.897 bits per heavy atom. The summed E-state index contributed by atoms with van der Waals surface area (Å²) < 4.78 is 15.0. The van der Waals surface area contributed by atoms with E-state index in [0.717, 1.165) is 16.7 Å². The molecule has 0 aliphatic heterocycles. The Balaban J connectivity index is 1.75. The van der Waals surface area contributed by atoms with Gasteiger partial charge < -0.3 is 5.32 Å². The molecule has 0 radical (unpaired) electrons. The highest BCUT2D eigenvalue weighted by Gasteiger charge is 2.21. The van der Waals surface area contributed by atoms with Crippen molar-refractivity contribution < 1.29 is 9.18 Å². The molecular formula is C22H18FN5O. The van der Waals surface area contributed by atoms with Crippen LogP contribution in [0.5, 0.6) is 0 Å². The number of para-hydroxylation sites is 1. The third kappa shape index (κ3) is 3.98. The van der Waals surface area contributed by atoms with Crippen LogP contribution in [-0.4, -0.2) is 20.8 Å². The van der Waals surface area contributed by atoms with Crippen molar-refractivity contribution >= 4 is 17.5 Å². The van der Waals surface area contributed by atoms with Crippen LogP contribution in [-0.2, 0) is 7.05 Å². The molecule has 4 rings (SSSR count). The van der Waals surface area contributed by atoms with Crippen molar-refractivity contribution in [2.24, 2.45) is 7.05 Å². The molecule has 6 nitrogen and oxygen atoms in total. The zero-order valence-electron chi connectivity index (χ0n) is 15.6. The number of amides is 2. The smallest absolute Gasteiger partial charge is 0.308 e. The molecule has 0 saturated carbocycles. The zero-order valence-corrected chi connectivity index (χ0v) is 15.6. The van der Waals surface area contributed by atoms with E-state index < -0.39 is 0 Å². The normalized spacial score (nSPS) is 10.6.